The number of carboxylic acids is 1. The molecule has 6 heteroatoms. The van der Waals surface area contributed by atoms with Crippen LogP contribution < -0.4 is 4.74 Å². The second kappa shape index (κ2) is 6.89. The Bertz CT molecular complexity index is 1140. The summed E-state index contributed by atoms with van der Waals surface area (Å²) in [5, 5.41) is 10.3. The number of benzene rings is 2. The number of fused-ring (bicyclic) bond motifs is 1. The first-order valence-corrected chi connectivity index (χ1v) is 9.33. The molecule has 0 radical (unpaired) electrons. The molecule has 0 unspecified atom stereocenters. The molecule has 136 valence electrons. The summed E-state index contributed by atoms with van der Waals surface area (Å²) < 4.78 is 7.77. The van der Waals surface area contributed by atoms with Crippen molar-refractivity contribution in [3.05, 3.63) is 76.4 Å². The van der Waals surface area contributed by atoms with Gasteiger partial charge in [0.15, 0.2) is 4.88 Å². The fourth-order valence-electron chi connectivity index (χ4n) is 2.96. The monoisotopic (exact) mass is 378 g/mol. The Morgan fingerprint density at radius 2 is 2.00 bits per heavy atom. The number of aromatic carboxylic acids is 1. The number of aromatic nitrogens is 2. The predicted octanol–water partition coefficient (Wildman–Crippen LogP) is 4.98. The largest absolute Gasteiger partial charge is 0.487 e. The van der Waals surface area contributed by atoms with Crippen LogP contribution in [0.2, 0.25) is 0 Å². The van der Waals surface area contributed by atoms with Crippen molar-refractivity contribution < 1.29 is 14.6 Å². The molecule has 0 fully saturated rings. The van der Waals surface area contributed by atoms with Gasteiger partial charge in [-0.05, 0) is 42.7 Å². The lowest BCUT2D eigenvalue weighted by Crippen LogP contribution is -2.01. The van der Waals surface area contributed by atoms with E-state index in [1.165, 1.54) is 11.3 Å². The van der Waals surface area contributed by atoms with Crippen molar-refractivity contribution in [1.82, 2.24) is 9.55 Å². The van der Waals surface area contributed by atoms with E-state index in [-0.39, 0.29) is 4.88 Å². The summed E-state index contributed by atoms with van der Waals surface area (Å²) >= 11 is 1.18. The van der Waals surface area contributed by atoms with Gasteiger partial charge in [0.05, 0.1) is 11.0 Å². The first-order chi connectivity index (χ1) is 13.0. The molecule has 1 N–H and O–H groups in total. The molecule has 0 bridgehead atoms. The molecule has 0 spiro atoms. The fourth-order valence-corrected chi connectivity index (χ4v) is 3.89. The first-order valence-electron chi connectivity index (χ1n) is 8.51. The van der Waals surface area contributed by atoms with Gasteiger partial charge >= 0.3 is 5.97 Å². The second-order valence-corrected chi connectivity index (χ2v) is 7.44. The quantitative estimate of drug-likeness (QED) is 0.532. The summed E-state index contributed by atoms with van der Waals surface area (Å²) in [5.41, 5.74) is 5.09. The number of carboxylic acid groups (broad SMARTS) is 1. The Morgan fingerprint density at radius 1 is 1.19 bits per heavy atom. The van der Waals surface area contributed by atoms with Crippen molar-refractivity contribution in [2.24, 2.45) is 0 Å². The van der Waals surface area contributed by atoms with Crippen LogP contribution >= 0.6 is 11.3 Å². The second-order valence-electron chi connectivity index (χ2n) is 6.41. The lowest BCUT2D eigenvalue weighted by molar-refractivity contribution is 0.0697. The molecule has 2 heterocycles. The molecule has 27 heavy (non-hydrogen) atoms. The average molecular weight is 378 g/mol. The first kappa shape index (κ1) is 17.3. The van der Waals surface area contributed by atoms with E-state index in [0.29, 0.717) is 12.4 Å². The standard InChI is InChI=1S/C21H18N2O3S/c1-13-7-8-17-16(9-13)22-12-23(17)19-10-18(20(27-19)21(24)25)26-11-15-6-4-3-5-14(15)2/h3-10,12H,11H2,1-2H3,(H,24,25). The van der Waals surface area contributed by atoms with E-state index in [4.69, 9.17) is 4.74 Å². The van der Waals surface area contributed by atoms with Gasteiger partial charge in [0.25, 0.3) is 0 Å². The van der Waals surface area contributed by atoms with Crippen molar-refractivity contribution in [1.29, 1.82) is 0 Å². The number of thiophene rings is 1. The molecule has 0 aliphatic carbocycles. The maximum atomic E-state index is 11.7. The van der Waals surface area contributed by atoms with Crippen molar-refractivity contribution in [2.45, 2.75) is 20.5 Å². The Morgan fingerprint density at radius 3 is 2.78 bits per heavy atom. The van der Waals surface area contributed by atoms with E-state index in [9.17, 15) is 9.90 Å². The molecule has 0 saturated carbocycles. The van der Waals surface area contributed by atoms with Crippen molar-refractivity contribution in [3.63, 3.8) is 0 Å². The van der Waals surface area contributed by atoms with Crippen LogP contribution in [0.5, 0.6) is 5.75 Å². The molecule has 4 rings (SSSR count). The van der Waals surface area contributed by atoms with Crippen LogP contribution in [0, 0.1) is 13.8 Å². The Kier molecular flexibility index (Phi) is 4.41. The lowest BCUT2D eigenvalue weighted by atomic mass is 10.1. The van der Waals surface area contributed by atoms with Crippen LogP contribution in [0.3, 0.4) is 0 Å². The molecule has 0 aliphatic rings. The summed E-state index contributed by atoms with van der Waals surface area (Å²) in [5.74, 6) is -0.619. The Labute approximate surface area is 160 Å². The maximum absolute atomic E-state index is 11.7. The van der Waals surface area contributed by atoms with Crippen LogP contribution in [-0.4, -0.2) is 20.6 Å². The minimum absolute atomic E-state index is 0.188. The van der Waals surface area contributed by atoms with Crippen molar-refractivity contribution in [2.75, 3.05) is 0 Å². The number of hydrogen-bond acceptors (Lipinski definition) is 4. The summed E-state index contributed by atoms with van der Waals surface area (Å²) in [6, 6.07) is 15.7. The number of ether oxygens (including phenoxy) is 1. The summed E-state index contributed by atoms with van der Waals surface area (Å²) in [4.78, 5) is 16.3. The Balaban J connectivity index is 1.70. The minimum Gasteiger partial charge on any atom is -0.487 e. The molecule has 2 aromatic carbocycles. The molecule has 4 aromatic rings. The van der Waals surface area contributed by atoms with E-state index < -0.39 is 5.97 Å². The average Bonchev–Trinajstić information content (AvgIpc) is 3.24. The van der Waals surface area contributed by atoms with Gasteiger partial charge < -0.3 is 9.84 Å². The third-order valence-electron chi connectivity index (χ3n) is 4.46. The number of carbonyl (C=O) groups is 1. The van der Waals surface area contributed by atoms with E-state index in [2.05, 4.69) is 4.98 Å². The summed E-state index contributed by atoms with van der Waals surface area (Å²) in [7, 11) is 0. The minimum atomic E-state index is -0.994. The van der Waals surface area contributed by atoms with Crippen LogP contribution in [0.4, 0.5) is 0 Å². The molecule has 0 atom stereocenters. The number of imidazole rings is 1. The van der Waals surface area contributed by atoms with Gasteiger partial charge in [-0.15, -0.1) is 11.3 Å². The van der Waals surface area contributed by atoms with Gasteiger partial charge in [-0.3, -0.25) is 4.57 Å². The number of rotatable bonds is 5. The zero-order valence-electron chi connectivity index (χ0n) is 15.0. The highest BCUT2D eigenvalue weighted by atomic mass is 32.1. The molecule has 0 aliphatic heterocycles. The Hall–Kier alpha value is -3.12. The van der Waals surface area contributed by atoms with E-state index in [1.807, 2.05) is 60.9 Å². The summed E-state index contributed by atoms with van der Waals surface area (Å²) in [6.45, 7) is 4.35. The third-order valence-corrected chi connectivity index (χ3v) is 5.57. The smallest absolute Gasteiger partial charge is 0.349 e. The van der Waals surface area contributed by atoms with Crippen LogP contribution in [-0.2, 0) is 6.61 Å². The van der Waals surface area contributed by atoms with Crippen molar-refractivity contribution in [3.8, 4) is 10.8 Å². The predicted molar refractivity (Wildman–Crippen MR) is 106 cm³/mol. The van der Waals surface area contributed by atoms with Gasteiger partial charge in [0.1, 0.15) is 23.7 Å². The van der Waals surface area contributed by atoms with Gasteiger partial charge in [-0.25, -0.2) is 9.78 Å². The van der Waals surface area contributed by atoms with E-state index in [0.717, 1.165) is 32.7 Å². The molecule has 2 aromatic heterocycles. The number of aryl methyl sites for hydroxylation is 2. The highest BCUT2D eigenvalue weighted by Gasteiger charge is 2.19. The molecule has 0 amide bonds. The van der Waals surface area contributed by atoms with Gasteiger partial charge in [0, 0.05) is 6.07 Å². The van der Waals surface area contributed by atoms with E-state index in [1.54, 1.807) is 12.4 Å². The zero-order valence-corrected chi connectivity index (χ0v) is 15.8. The van der Waals surface area contributed by atoms with Gasteiger partial charge in [-0.1, -0.05) is 30.3 Å². The zero-order chi connectivity index (χ0) is 19.0. The SMILES string of the molecule is Cc1ccc2c(c1)ncn2-c1cc(OCc2ccccc2C)c(C(=O)O)s1. The van der Waals surface area contributed by atoms with E-state index >= 15 is 0 Å². The van der Waals surface area contributed by atoms with Gasteiger partial charge in [-0.2, -0.15) is 0 Å². The molecule has 5 nitrogen and oxygen atoms in total. The molecular formula is C21H18N2O3S. The normalized spacial score (nSPS) is 11.0. The number of nitrogens with zero attached hydrogens (tertiary/aromatic N) is 2. The van der Waals surface area contributed by atoms with Gasteiger partial charge in [0.2, 0.25) is 0 Å². The third kappa shape index (κ3) is 3.31. The molecule has 0 saturated heterocycles. The van der Waals surface area contributed by atoms with Crippen LogP contribution in [0.1, 0.15) is 26.4 Å². The highest BCUT2D eigenvalue weighted by Crippen LogP contribution is 2.34. The number of hydrogen-bond donors (Lipinski definition) is 1. The highest BCUT2D eigenvalue weighted by molar-refractivity contribution is 7.16. The topological polar surface area (TPSA) is 64.4 Å². The maximum Gasteiger partial charge on any atom is 0.349 e. The summed E-state index contributed by atoms with van der Waals surface area (Å²) in [6.07, 6.45) is 1.71. The van der Waals surface area contributed by atoms with Crippen molar-refractivity contribution >= 4 is 28.3 Å². The van der Waals surface area contributed by atoms with Crippen LogP contribution in [0.15, 0.2) is 54.9 Å². The lowest BCUT2D eigenvalue weighted by Gasteiger charge is -2.07. The van der Waals surface area contributed by atoms with Crippen LogP contribution in [0.25, 0.3) is 16.0 Å². The molecular weight excluding hydrogens is 360 g/mol. The fraction of sp³-hybridized carbons (Fsp3) is 0.143.